The number of hydrogen-bond donors (Lipinski definition) is 1. The highest BCUT2D eigenvalue weighted by molar-refractivity contribution is 5.96. The molecule has 0 unspecified atom stereocenters. The Hall–Kier alpha value is -3.28. The van der Waals surface area contributed by atoms with Gasteiger partial charge in [0.25, 0.3) is 5.91 Å². The molecule has 0 aliphatic carbocycles. The second kappa shape index (κ2) is 8.40. The predicted molar refractivity (Wildman–Crippen MR) is 101 cm³/mol. The average molecular weight is 367 g/mol. The third-order valence-electron chi connectivity index (χ3n) is 3.79. The number of amides is 1. The van der Waals surface area contributed by atoms with Crippen LogP contribution >= 0.6 is 0 Å². The molecule has 2 aromatic carbocycles. The molecule has 0 spiro atoms. The number of benzene rings is 2. The molecule has 0 aliphatic rings. The fourth-order valence-corrected chi connectivity index (χ4v) is 2.64. The van der Waals surface area contributed by atoms with Gasteiger partial charge in [-0.1, -0.05) is 36.4 Å². The van der Waals surface area contributed by atoms with E-state index in [4.69, 9.17) is 13.9 Å². The van der Waals surface area contributed by atoms with E-state index in [-0.39, 0.29) is 30.9 Å². The molecule has 0 atom stereocenters. The van der Waals surface area contributed by atoms with Crippen LogP contribution in [0.1, 0.15) is 30.0 Å². The van der Waals surface area contributed by atoms with E-state index in [1.807, 2.05) is 62.4 Å². The second-order valence-electron chi connectivity index (χ2n) is 6.31. The number of fused-ring (bicyclic) bond motifs is 1. The summed E-state index contributed by atoms with van der Waals surface area (Å²) >= 11 is 0. The molecule has 0 radical (unpaired) electrons. The van der Waals surface area contributed by atoms with Crippen molar-refractivity contribution in [1.29, 1.82) is 0 Å². The molecule has 27 heavy (non-hydrogen) atoms. The van der Waals surface area contributed by atoms with Crippen molar-refractivity contribution in [3.63, 3.8) is 0 Å². The molecule has 1 amide bonds. The molecule has 6 heteroatoms. The van der Waals surface area contributed by atoms with E-state index in [0.29, 0.717) is 16.9 Å². The van der Waals surface area contributed by atoms with Crippen LogP contribution in [-0.4, -0.2) is 24.5 Å². The van der Waals surface area contributed by atoms with Gasteiger partial charge in [-0.15, -0.1) is 0 Å². The second-order valence-corrected chi connectivity index (χ2v) is 6.31. The summed E-state index contributed by atoms with van der Waals surface area (Å²) in [4.78, 5) is 24.2. The van der Waals surface area contributed by atoms with Gasteiger partial charge < -0.3 is 19.2 Å². The zero-order valence-corrected chi connectivity index (χ0v) is 15.2. The Kier molecular flexibility index (Phi) is 5.76. The Morgan fingerprint density at radius 3 is 2.48 bits per heavy atom. The normalized spacial score (nSPS) is 10.8. The summed E-state index contributed by atoms with van der Waals surface area (Å²) in [6.45, 7) is 3.44. The lowest BCUT2D eigenvalue weighted by Gasteiger charge is -2.09. The van der Waals surface area contributed by atoms with Crippen molar-refractivity contribution in [1.82, 2.24) is 5.32 Å². The fourth-order valence-electron chi connectivity index (χ4n) is 2.64. The van der Waals surface area contributed by atoms with Crippen LogP contribution in [-0.2, 0) is 16.1 Å². The van der Waals surface area contributed by atoms with Gasteiger partial charge in [0.05, 0.1) is 5.56 Å². The summed E-state index contributed by atoms with van der Waals surface area (Å²) in [6.07, 6.45) is 0. The fraction of sp³-hybridized carbons (Fsp3) is 0.238. The van der Waals surface area contributed by atoms with Gasteiger partial charge in [0.15, 0.2) is 6.61 Å². The number of nitrogens with one attached hydrogen (secondary N) is 1. The van der Waals surface area contributed by atoms with Crippen molar-refractivity contribution >= 4 is 22.8 Å². The van der Waals surface area contributed by atoms with Crippen molar-refractivity contribution in [2.45, 2.75) is 26.5 Å². The number of carbonyl (C=O) groups excluding carboxylic acids is 2. The molecule has 0 fully saturated rings. The molecule has 140 valence electrons. The molecule has 0 saturated carbocycles. The summed E-state index contributed by atoms with van der Waals surface area (Å²) in [5.74, 6) is -0.337. The Morgan fingerprint density at radius 1 is 1.04 bits per heavy atom. The third-order valence-corrected chi connectivity index (χ3v) is 3.79. The van der Waals surface area contributed by atoms with Gasteiger partial charge in [-0.05, 0) is 32.0 Å². The van der Waals surface area contributed by atoms with Crippen molar-refractivity contribution in [3.8, 4) is 5.75 Å². The van der Waals surface area contributed by atoms with Crippen LogP contribution in [0, 0.1) is 0 Å². The lowest BCUT2D eigenvalue weighted by atomic mass is 10.1. The van der Waals surface area contributed by atoms with Crippen LogP contribution in [0.4, 0.5) is 0 Å². The molecular weight excluding hydrogens is 346 g/mol. The Balaban J connectivity index is 1.79. The maximum absolute atomic E-state index is 12.5. The number of carbonyl (C=O) groups is 2. The van der Waals surface area contributed by atoms with Crippen LogP contribution < -0.4 is 10.1 Å². The van der Waals surface area contributed by atoms with E-state index < -0.39 is 5.97 Å². The highest BCUT2D eigenvalue weighted by atomic mass is 16.5. The van der Waals surface area contributed by atoms with Gasteiger partial charge in [-0.3, -0.25) is 4.79 Å². The number of rotatable bonds is 7. The summed E-state index contributed by atoms with van der Waals surface area (Å²) in [5.41, 5.74) is 1.14. The monoisotopic (exact) mass is 367 g/mol. The number of furan rings is 1. The zero-order chi connectivity index (χ0) is 19.2. The molecule has 6 nitrogen and oxygen atoms in total. The van der Waals surface area contributed by atoms with Crippen molar-refractivity contribution in [3.05, 3.63) is 65.9 Å². The largest absolute Gasteiger partial charge is 0.489 e. The summed E-state index contributed by atoms with van der Waals surface area (Å²) in [5, 5.41) is 3.44. The van der Waals surface area contributed by atoms with Gasteiger partial charge in [-0.2, -0.15) is 0 Å². The van der Waals surface area contributed by atoms with Crippen molar-refractivity contribution in [2.75, 3.05) is 6.61 Å². The van der Waals surface area contributed by atoms with E-state index in [9.17, 15) is 9.59 Å². The molecule has 0 aliphatic heterocycles. The molecule has 1 N–H and O–H groups in total. The third kappa shape index (κ3) is 4.67. The van der Waals surface area contributed by atoms with E-state index in [2.05, 4.69) is 5.32 Å². The maximum Gasteiger partial charge on any atom is 0.375 e. The minimum Gasteiger partial charge on any atom is -0.489 e. The predicted octanol–water partition coefficient (Wildman–Crippen LogP) is 3.69. The molecule has 0 bridgehead atoms. The Bertz CT molecular complexity index is 930. The van der Waals surface area contributed by atoms with Crippen LogP contribution in [0.2, 0.25) is 0 Å². The van der Waals surface area contributed by atoms with E-state index in [0.717, 1.165) is 5.39 Å². The highest BCUT2D eigenvalue weighted by Crippen LogP contribution is 2.28. The number of esters is 1. The number of ether oxygens (including phenoxy) is 2. The van der Waals surface area contributed by atoms with E-state index in [1.165, 1.54) is 0 Å². The first-order chi connectivity index (χ1) is 13.0. The first-order valence-electron chi connectivity index (χ1n) is 8.69. The van der Waals surface area contributed by atoms with Crippen LogP contribution in [0.3, 0.4) is 0 Å². The first kappa shape index (κ1) is 18.5. The zero-order valence-electron chi connectivity index (χ0n) is 15.2. The van der Waals surface area contributed by atoms with Crippen molar-refractivity contribution in [2.24, 2.45) is 0 Å². The van der Waals surface area contributed by atoms with Gasteiger partial charge in [0.1, 0.15) is 17.9 Å². The van der Waals surface area contributed by atoms with Gasteiger partial charge in [0.2, 0.25) is 5.76 Å². The van der Waals surface area contributed by atoms with Crippen LogP contribution in [0.25, 0.3) is 11.0 Å². The van der Waals surface area contributed by atoms with Gasteiger partial charge >= 0.3 is 5.97 Å². The SMILES string of the molecule is CC(C)NC(=O)COC(=O)c1oc2ccccc2c1COc1ccccc1. The number of hydrogen-bond acceptors (Lipinski definition) is 5. The number of para-hydroxylation sites is 2. The average Bonchev–Trinajstić information content (AvgIpc) is 3.03. The molecule has 0 saturated heterocycles. The Labute approximate surface area is 157 Å². The highest BCUT2D eigenvalue weighted by Gasteiger charge is 2.23. The molecule has 3 rings (SSSR count). The maximum atomic E-state index is 12.5. The van der Waals surface area contributed by atoms with E-state index >= 15 is 0 Å². The lowest BCUT2D eigenvalue weighted by molar-refractivity contribution is -0.124. The first-order valence-corrected chi connectivity index (χ1v) is 8.69. The molecule has 1 heterocycles. The Morgan fingerprint density at radius 2 is 1.74 bits per heavy atom. The standard InChI is InChI=1S/C21H21NO5/c1-14(2)22-19(23)13-26-21(24)20-17(12-25-15-8-4-3-5-9-15)16-10-6-7-11-18(16)27-20/h3-11,14H,12-13H2,1-2H3,(H,22,23). The summed E-state index contributed by atoms with van der Waals surface area (Å²) < 4.78 is 16.6. The van der Waals surface area contributed by atoms with Crippen molar-refractivity contribution < 1.29 is 23.5 Å². The smallest absolute Gasteiger partial charge is 0.375 e. The lowest BCUT2D eigenvalue weighted by Crippen LogP contribution is -2.34. The topological polar surface area (TPSA) is 77.8 Å². The quantitative estimate of drug-likeness (QED) is 0.645. The molecule has 3 aromatic rings. The summed E-state index contributed by atoms with van der Waals surface area (Å²) in [7, 11) is 0. The molecular formula is C21H21NO5. The van der Waals surface area contributed by atoms with Crippen LogP contribution in [0.15, 0.2) is 59.0 Å². The van der Waals surface area contributed by atoms with Crippen LogP contribution in [0.5, 0.6) is 5.75 Å². The van der Waals surface area contributed by atoms with Gasteiger partial charge in [-0.25, -0.2) is 4.79 Å². The minimum atomic E-state index is -0.697. The molecule has 1 aromatic heterocycles. The van der Waals surface area contributed by atoms with E-state index in [1.54, 1.807) is 6.07 Å². The summed E-state index contributed by atoms with van der Waals surface area (Å²) in [6, 6.07) is 16.6. The van der Waals surface area contributed by atoms with Gasteiger partial charge in [0, 0.05) is 11.4 Å². The minimum absolute atomic E-state index is 0.0303.